The highest BCUT2D eigenvalue weighted by Crippen LogP contribution is 2.28. The molecule has 0 unspecified atom stereocenters. The number of nitro benzene ring substituents is 1. The molecular formula is C10H7NO5. The molecule has 0 aliphatic heterocycles. The second-order valence-corrected chi connectivity index (χ2v) is 2.71. The predicted molar refractivity (Wildman–Crippen MR) is 54.4 cm³/mol. The summed E-state index contributed by atoms with van der Waals surface area (Å²) in [6.45, 7) is -0.151. The van der Waals surface area contributed by atoms with Gasteiger partial charge in [0, 0.05) is 6.07 Å². The fourth-order valence-corrected chi connectivity index (χ4v) is 1.13. The Kier molecular flexibility index (Phi) is 3.45. The maximum absolute atomic E-state index is 10.9. The van der Waals surface area contributed by atoms with Crippen LogP contribution in [0.25, 0.3) is 0 Å². The molecule has 16 heavy (non-hydrogen) atoms. The molecule has 6 heteroatoms. The van der Waals surface area contributed by atoms with Crippen LogP contribution in [0.15, 0.2) is 18.2 Å². The zero-order chi connectivity index (χ0) is 12.1. The topological polar surface area (TPSA) is 89.7 Å². The van der Waals surface area contributed by atoms with Crippen molar-refractivity contribution in [1.29, 1.82) is 0 Å². The number of nitro groups is 1. The summed E-state index contributed by atoms with van der Waals surface area (Å²) in [7, 11) is 0. The van der Waals surface area contributed by atoms with E-state index in [0.717, 1.165) is 6.07 Å². The second kappa shape index (κ2) is 4.79. The maximum atomic E-state index is 10.9. The molecule has 1 N–H and O–H groups in total. The summed E-state index contributed by atoms with van der Waals surface area (Å²) in [5.41, 5.74) is -1.02. The van der Waals surface area contributed by atoms with Crippen molar-refractivity contribution in [3.63, 3.8) is 0 Å². The molecule has 0 heterocycles. The van der Waals surface area contributed by atoms with Gasteiger partial charge in [-0.2, -0.15) is 0 Å². The SMILES string of the molecule is C#CCOc1cccc([N+](=O)[O-])c1C(=O)O. The van der Waals surface area contributed by atoms with Crippen LogP contribution in [0.2, 0.25) is 0 Å². The van der Waals surface area contributed by atoms with Crippen LogP contribution in [0, 0.1) is 22.5 Å². The van der Waals surface area contributed by atoms with Gasteiger partial charge >= 0.3 is 5.97 Å². The fourth-order valence-electron chi connectivity index (χ4n) is 1.13. The molecule has 0 spiro atoms. The summed E-state index contributed by atoms with van der Waals surface area (Å²) in [5, 5.41) is 19.5. The molecule has 0 amide bonds. The standard InChI is InChI=1S/C10H7NO5/c1-2-6-16-8-5-3-4-7(11(14)15)9(8)10(12)13/h1,3-5H,6H2,(H,12,13). The minimum Gasteiger partial charge on any atom is -0.480 e. The first-order valence-electron chi connectivity index (χ1n) is 4.15. The first kappa shape index (κ1) is 11.5. The third-order valence-corrected chi connectivity index (χ3v) is 1.73. The summed E-state index contributed by atoms with van der Waals surface area (Å²) in [5.74, 6) is 0.603. The van der Waals surface area contributed by atoms with Crippen molar-refractivity contribution >= 4 is 11.7 Å². The molecule has 0 saturated heterocycles. The first-order valence-corrected chi connectivity index (χ1v) is 4.15. The highest BCUT2D eigenvalue weighted by Gasteiger charge is 2.24. The molecule has 0 bridgehead atoms. The van der Waals surface area contributed by atoms with Crippen LogP contribution in [0.5, 0.6) is 5.75 Å². The van der Waals surface area contributed by atoms with Gasteiger partial charge in [-0.3, -0.25) is 10.1 Å². The Morgan fingerprint density at radius 1 is 1.62 bits per heavy atom. The van der Waals surface area contributed by atoms with E-state index in [0.29, 0.717) is 0 Å². The zero-order valence-electron chi connectivity index (χ0n) is 8.04. The molecule has 1 aromatic rings. The quantitative estimate of drug-likeness (QED) is 0.470. The Morgan fingerprint density at radius 2 is 2.31 bits per heavy atom. The molecule has 0 fully saturated rings. The van der Waals surface area contributed by atoms with Crippen molar-refractivity contribution in [3.8, 4) is 18.1 Å². The number of nitrogens with zero attached hydrogens (tertiary/aromatic N) is 1. The molecular weight excluding hydrogens is 214 g/mol. The summed E-state index contributed by atoms with van der Waals surface area (Å²) >= 11 is 0. The number of hydrogen-bond acceptors (Lipinski definition) is 4. The third kappa shape index (κ3) is 2.27. The largest absolute Gasteiger partial charge is 0.480 e. The van der Waals surface area contributed by atoms with E-state index in [4.69, 9.17) is 16.3 Å². The molecule has 0 aromatic heterocycles. The smallest absolute Gasteiger partial charge is 0.346 e. The molecule has 6 nitrogen and oxygen atoms in total. The van der Waals surface area contributed by atoms with E-state index in [1.807, 2.05) is 0 Å². The molecule has 0 saturated carbocycles. The summed E-state index contributed by atoms with van der Waals surface area (Å²) in [6.07, 6.45) is 4.94. The Balaban J connectivity index is 3.28. The van der Waals surface area contributed by atoms with Crippen LogP contribution in [0.3, 0.4) is 0 Å². The number of ether oxygens (including phenoxy) is 1. The van der Waals surface area contributed by atoms with Gasteiger partial charge in [0.25, 0.3) is 5.69 Å². The van der Waals surface area contributed by atoms with E-state index in [-0.39, 0.29) is 12.4 Å². The van der Waals surface area contributed by atoms with Crippen LogP contribution in [0.1, 0.15) is 10.4 Å². The zero-order valence-corrected chi connectivity index (χ0v) is 8.04. The van der Waals surface area contributed by atoms with E-state index in [1.54, 1.807) is 0 Å². The highest BCUT2D eigenvalue weighted by atomic mass is 16.6. The van der Waals surface area contributed by atoms with Gasteiger partial charge in [-0.15, -0.1) is 6.42 Å². The monoisotopic (exact) mass is 221 g/mol. The van der Waals surface area contributed by atoms with Gasteiger partial charge in [0.05, 0.1) is 4.92 Å². The number of carboxylic acid groups (broad SMARTS) is 1. The predicted octanol–water partition coefficient (Wildman–Crippen LogP) is 1.30. The Labute approximate surface area is 90.6 Å². The van der Waals surface area contributed by atoms with Crippen molar-refractivity contribution < 1.29 is 19.6 Å². The lowest BCUT2D eigenvalue weighted by Crippen LogP contribution is -2.07. The van der Waals surface area contributed by atoms with Gasteiger partial charge in [0.2, 0.25) is 0 Å². The normalized spacial score (nSPS) is 9.19. The van der Waals surface area contributed by atoms with Crippen LogP contribution < -0.4 is 4.74 Å². The Hall–Kier alpha value is -2.55. The minimum atomic E-state index is -1.43. The van der Waals surface area contributed by atoms with Gasteiger partial charge in [-0.25, -0.2) is 4.79 Å². The first-order chi connectivity index (χ1) is 7.57. The Morgan fingerprint density at radius 3 is 2.81 bits per heavy atom. The highest BCUT2D eigenvalue weighted by molar-refractivity contribution is 5.95. The summed E-state index contributed by atoms with van der Waals surface area (Å²) in [6, 6.07) is 3.73. The van der Waals surface area contributed by atoms with Crippen LogP contribution in [0.4, 0.5) is 5.69 Å². The van der Waals surface area contributed by atoms with Gasteiger partial charge in [-0.05, 0) is 6.07 Å². The van der Waals surface area contributed by atoms with E-state index in [2.05, 4.69) is 5.92 Å². The van der Waals surface area contributed by atoms with Crippen molar-refractivity contribution in [2.75, 3.05) is 6.61 Å². The second-order valence-electron chi connectivity index (χ2n) is 2.71. The van der Waals surface area contributed by atoms with Gasteiger partial charge in [-0.1, -0.05) is 12.0 Å². The minimum absolute atomic E-state index is 0.111. The molecule has 0 aliphatic rings. The fraction of sp³-hybridized carbons (Fsp3) is 0.100. The van der Waals surface area contributed by atoms with Crippen molar-refractivity contribution in [1.82, 2.24) is 0 Å². The lowest BCUT2D eigenvalue weighted by atomic mass is 10.1. The summed E-state index contributed by atoms with van der Waals surface area (Å²) in [4.78, 5) is 20.7. The molecule has 0 radical (unpaired) electrons. The van der Waals surface area contributed by atoms with Crippen LogP contribution in [-0.4, -0.2) is 22.6 Å². The van der Waals surface area contributed by atoms with E-state index >= 15 is 0 Å². The van der Waals surface area contributed by atoms with Crippen molar-refractivity contribution in [2.24, 2.45) is 0 Å². The van der Waals surface area contributed by atoms with E-state index < -0.39 is 22.1 Å². The lowest BCUT2D eigenvalue weighted by Gasteiger charge is -2.06. The number of terminal acetylenes is 1. The third-order valence-electron chi connectivity index (χ3n) is 1.73. The van der Waals surface area contributed by atoms with Crippen LogP contribution in [-0.2, 0) is 0 Å². The van der Waals surface area contributed by atoms with Crippen LogP contribution >= 0.6 is 0 Å². The number of carbonyl (C=O) groups is 1. The molecule has 0 aliphatic carbocycles. The van der Waals surface area contributed by atoms with Gasteiger partial charge in [0.15, 0.2) is 5.56 Å². The van der Waals surface area contributed by atoms with Gasteiger partial charge in [0.1, 0.15) is 12.4 Å². The summed E-state index contributed by atoms with van der Waals surface area (Å²) < 4.78 is 4.92. The van der Waals surface area contributed by atoms with Gasteiger partial charge < -0.3 is 9.84 Å². The molecule has 1 rings (SSSR count). The number of rotatable bonds is 4. The average molecular weight is 221 g/mol. The molecule has 82 valence electrons. The Bertz CT molecular complexity index is 475. The maximum Gasteiger partial charge on any atom is 0.346 e. The number of hydrogen-bond donors (Lipinski definition) is 1. The number of carboxylic acids is 1. The average Bonchev–Trinajstić information content (AvgIpc) is 2.25. The number of aromatic carboxylic acids is 1. The lowest BCUT2D eigenvalue weighted by molar-refractivity contribution is -0.385. The van der Waals surface area contributed by atoms with Crippen molar-refractivity contribution in [3.05, 3.63) is 33.9 Å². The number of benzene rings is 1. The molecule has 0 atom stereocenters. The molecule has 1 aromatic carbocycles. The van der Waals surface area contributed by atoms with Crippen molar-refractivity contribution in [2.45, 2.75) is 0 Å². The van der Waals surface area contributed by atoms with E-state index in [1.165, 1.54) is 12.1 Å². The van der Waals surface area contributed by atoms with E-state index in [9.17, 15) is 14.9 Å².